The summed E-state index contributed by atoms with van der Waals surface area (Å²) >= 11 is 1.76. The molecule has 0 saturated carbocycles. The highest BCUT2D eigenvalue weighted by molar-refractivity contribution is 7.99. The van der Waals surface area contributed by atoms with E-state index < -0.39 is 10.8 Å². The minimum absolute atomic E-state index is 0.396. The van der Waals surface area contributed by atoms with Gasteiger partial charge in [0, 0.05) is 25.8 Å². The zero-order valence-electron chi connectivity index (χ0n) is 24.8. The Kier molecular flexibility index (Phi) is 8.40. The van der Waals surface area contributed by atoms with Gasteiger partial charge in [0.25, 0.3) is 0 Å². The van der Waals surface area contributed by atoms with Crippen molar-refractivity contribution in [1.82, 2.24) is 29.5 Å². The fourth-order valence-corrected chi connectivity index (χ4v) is 7.72. The van der Waals surface area contributed by atoms with Crippen LogP contribution in [0.15, 0.2) is 117 Å². The summed E-state index contributed by atoms with van der Waals surface area (Å²) in [6.45, 7) is 5.77. The van der Waals surface area contributed by atoms with E-state index in [1.54, 1.807) is 11.8 Å². The van der Waals surface area contributed by atoms with Crippen LogP contribution >= 0.6 is 11.8 Å². The van der Waals surface area contributed by atoms with Gasteiger partial charge in [-0.25, -0.2) is 4.21 Å². The van der Waals surface area contributed by atoms with Gasteiger partial charge in [0.15, 0.2) is 11.6 Å². The van der Waals surface area contributed by atoms with E-state index in [0.717, 1.165) is 50.0 Å². The summed E-state index contributed by atoms with van der Waals surface area (Å²) in [5, 5.41) is 16.7. The number of rotatable bonds is 4. The second-order valence-corrected chi connectivity index (χ2v) is 13.1. The van der Waals surface area contributed by atoms with Gasteiger partial charge in [0.1, 0.15) is 24.9 Å². The monoisotopic (exact) mass is 634 g/mol. The number of benzene rings is 4. The van der Waals surface area contributed by atoms with E-state index in [2.05, 4.69) is 67.4 Å². The first-order valence-corrected chi connectivity index (χ1v) is 16.5. The van der Waals surface area contributed by atoms with Crippen molar-refractivity contribution in [3.05, 3.63) is 131 Å². The Balaban J connectivity index is 0.000000145. The van der Waals surface area contributed by atoms with E-state index in [4.69, 9.17) is 9.47 Å². The van der Waals surface area contributed by atoms with Crippen LogP contribution in [0.2, 0.25) is 0 Å². The van der Waals surface area contributed by atoms with E-state index in [9.17, 15) is 4.21 Å². The minimum atomic E-state index is -1.25. The molecule has 0 N–H and O–H groups in total. The Labute approximate surface area is 267 Å². The predicted molar refractivity (Wildman–Crippen MR) is 171 cm³/mol. The van der Waals surface area contributed by atoms with Gasteiger partial charge >= 0.3 is 0 Å². The number of aryl methyl sites for hydroxylation is 2. The molecule has 6 aromatic rings. The van der Waals surface area contributed by atoms with Crippen molar-refractivity contribution in [2.24, 2.45) is 0 Å². The number of fused-ring (bicyclic) bond motifs is 6. The second kappa shape index (κ2) is 12.9. The molecule has 2 aliphatic heterocycles. The third-order valence-corrected chi connectivity index (χ3v) is 10.2. The number of ether oxygens (including phenoxy) is 2. The standard InChI is InChI=1S/C17H15N3O2S.C17H15N3OS/c1-12-18-19-17-11-22-10-14-15(20(12)17)8-5-9-16(14)23(21)13-6-3-2-4-7-13;1-12-18-19-17-11-21-10-14-15(20(12)17)8-5-9-16(14)22-13-6-3-2-4-7-13/h2-9H,10-11H2,1H3;2-9H,10-11H2,1H3. The van der Waals surface area contributed by atoms with Crippen LogP contribution in [-0.4, -0.2) is 33.7 Å². The molecule has 2 aliphatic rings. The molecule has 45 heavy (non-hydrogen) atoms. The van der Waals surface area contributed by atoms with Crippen LogP contribution in [0.5, 0.6) is 0 Å². The first kappa shape index (κ1) is 29.3. The lowest BCUT2D eigenvalue weighted by Crippen LogP contribution is -2.06. The average Bonchev–Trinajstić information content (AvgIpc) is 3.47. The SMILES string of the molecule is Cc1nnc2n1-c1cccc(S(=O)c3ccccc3)c1COC2.Cc1nnc2n1-c1cccc(Sc3ccccc3)c1COC2. The summed E-state index contributed by atoms with van der Waals surface area (Å²) < 4.78 is 28.6. The lowest BCUT2D eigenvalue weighted by molar-refractivity contribution is 0.103. The van der Waals surface area contributed by atoms with Crippen molar-refractivity contribution in [1.29, 1.82) is 0 Å². The van der Waals surface area contributed by atoms with Gasteiger partial charge < -0.3 is 9.47 Å². The summed E-state index contributed by atoms with van der Waals surface area (Å²) in [5.74, 6) is 3.32. The Morgan fingerprint density at radius 1 is 0.622 bits per heavy atom. The van der Waals surface area contributed by atoms with Crippen LogP contribution in [0.25, 0.3) is 11.4 Å². The third-order valence-electron chi connectivity index (χ3n) is 7.57. The van der Waals surface area contributed by atoms with E-state index in [0.29, 0.717) is 26.4 Å². The zero-order chi connectivity index (χ0) is 30.8. The molecule has 1 unspecified atom stereocenters. The van der Waals surface area contributed by atoms with Crippen molar-refractivity contribution >= 4 is 22.6 Å². The van der Waals surface area contributed by atoms with Crippen LogP contribution in [-0.2, 0) is 46.7 Å². The smallest absolute Gasteiger partial charge is 0.163 e. The summed E-state index contributed by atoms with van der Waals surface area (Å²) in [5.41, 5.74) is 4.19. The van der Waals surface area contributed by atoms with Gasteiger partial charge in [-0.3, -0.25) is 9.13 Å². The van der Waals surface area contributed by atoms with Gasteiger partial charge in [-0.05, 0) is 62.4 Å². The fourth-order valence-electron chi connectivity index (χ4n) is 5.49. The Hall–Kier alpha value is -4.42. The van der Waals surface area contributed by atoms with Gasteiger partial charge in [-0.2, -0.15) is 0 Å². The largest absolute Gasteiger partial charge is 0.369 e. The summed E-state index contributed by atoms with van der Waals surface area (Å²) in [6.07, 6.45) is 0. The van der Waals surface area contributed by atoms with Gasteiger partial charge in [-0.15, -0.1) is 20.4 Å². The van der Waals surface area contributed by atoms with Crippen molar-refractivity contribution in [2.45, 2.75) is 59.9 Å². The summed E-state index contributed by atoms with van der Waals surface area (Å²) in [7, 11) is -1.25. The molecule has 2 aromatic heterocycles. The zero-order valence-corrected chi connectivity index (χ0v) is 26.4. The van der Waals surface area contributed by atoms with Crippen LogP contribution in [0.1, 0.15) is 34.4 Å². The molecule has 9 nitrogen and oxygen atoms in total. The summed E-state index contributed by atoms with van der Waals surface area (Å²) in [4.78, 5) is 3.99. The average molecular weight is 635 g/mol. The van der Waals surface area contributed by atoms with E-state index in [1.807, 2.05) is 73.0 Å². The maximum Gasteiger partial charge on any atom is 0.163 e. The molecule has 4 aromatic carbocycles. The molecule has 0 fully saturated rings. The van der Waals surface area contributed by atoms with Gasteiger partial charge in [0.05, 0.1) is 40.3 Å². The normalized spacial score (nSPS) is 14.0. The molecule has 4 heterocycles. The Bertz CT molecular complexity index is 1990. The lowest BCUT2D eigenvalue weighted by atomic mass is 10.2. The third kappa shape index (κ3) is 5.87. The molecule has 0 spiro atoms. The lowest BCUT2D eigenvalue weighted by Gasteiger charge is -2.13. The predicted octanol–water partition coefficient (Wildman–Crippen LogP) is 6.53. The van der Waals surface area contributed by atoms with E-state index >= 15 is 0 Å². The number of hydrogen-bond donors (Lipinski definition) is 0. The molecular weight excluding hydrogens is 605 g/mol. The fraction of sp³-hybridized carbons (Fsp3) is 0.176. The highest BCUT2D eigenvalue weighted by atomic mass is 32.2. The number of hydrogen-bond acceptors (Lipinski definition) is 8. The first-order valence-electron chi connectivity index (χ1n) is 14.5. The highest BCUT2D eigenvalue weighted by Crippen LogP contribution is 2.36. The molecule has 11 heteroatoms. The molecule has 0 aliphatic carbocycles. The molecule has 0 bridgehead atoms. The highest BCUT2D eigenvalue weighted by Gasteiger charge is 2.23. The minimum Gasteiger partial charge on any atom is -0.369 e. The molecule has 0 saturated heterocycles. The quantitative estimate of drug-likeness (QED) is 0.216. The molecule has 226 valence electrons. The number of aromatic nitrogens is 6. The van der Waals surface area contributed by atoms with Crippen molar-refractivity contribution in [3.8, 4) is 11.4 Å². The summed E-state index contributed by atoms with van der Waals surface area (Å²) in [6, 6.07) is 32.0. The van der Waals surface area contributed by atoms with Crippen LogP contribution in [0, 0.1) is 13.8 Å². The van der Waals surface area contributed by atoms with E-state index in [1.165, 1.54) is 15.4 Å². The van der Waals surface area contributed by atoms with Crippen LogP contribution in [0.4, 0.5) is 0 Å². The van der Waals surface area contributed by atoms with Crippen molar-refractivity contribution < 1.29 is 13.7 Å². The van der Waals surface area contributed by atoms with Gasteiger partial charge in [-0.1, -0.05) is 60.3 Å². The Morgan fingerprint density at radius 3 is 1.82 bits per heavy atom. The second-order valence-electron chi connectivity index (χ2n) is 10.5. The first-order chi connectivity index (χ1) is 22.1. The maximum atomic E-state index is 13.0. The Morgan fingerprint density at radius 2 is 1.18 bits per heavy atom. The van der Waals surface area contributed by atoms with E-state index in [-0.39, 0.29) is 0 Å². The van der Waals surface area contributed by atoms with Crippen molar-refractivity contribution in [2.75, 3.05) is 0 Å². The van der Waals surface area contributed by atoms with Gasteiger partial charge in [0.2, 0.25) is 0 Å². The molecule has 0 radical (unpaired) electrons. The topological polar surface area (TPSA) is 97.0 Å². The van der Waals surface area contributed by atoms with Crippen molar-refractivity contribution in [3.63, 3.8) is 0 Å². The van der Waals surface area contributed by atoms with Crippen LogP contribution < -0.4 is 0 Å². The molecule has 1 atom stereocenters. The maximum absolute atomic E-state index is 13.0. The number of nitrogens with zero attached hydrogens (tertiary/aromatic N) is 6. The molecule has 8 rings (SSSR count). The molecule has 0 amide bonds. The molecular formula is C34H30N6O3S2. The van der Waals surface area contributed by atoms with Crippen LogP contribution in [0.3, 0.4) is 0 Å².